The molecular weight excluding hydrogens is 246 g/mol. The number of nitrogens with zero attached hydrogens (tertiary/aromatic N) is 1. The van der Waals surface area contributed by atoms with Crippen molar-refractivity contribution in [1.29, 1.82) is 0 Å². The standard InChI is InChI=1S/C15H12ClNO/c1-18-15-7-6-12(10-13(15)16)17-9-8-11-4-2-3-5-14(11)17/h2-10H,1H3. The molecule has 0 aliphatic heterocycles. The summed E-state index contributed by atoms with van der Waals surface area (Å²) >= 11 is 6.16. The molecule has 0 unspecified atom stereocenters. The van der Waals surface area contributed by atoms with Crippen LogP contribution < -0.4 is 4.74 Å². The van der Waals surface area contributed by atoms with Gasteiger partial charge >= 0.3 is 0 Å². The molecule has 0 saturated carbocycles. The van der Waals surface area contributed by atoms with Crippen LogP contribution in [0.15, 0.2) is 54.7 Å². The van der Waals surface area contributed by atoms with Gasteiger partial charge in [-0.3, -0.25) is 0 Å². The summed E-state index contributed by atoms with van der Waals surface area (Å²) in [6.45, 7) is 0. The Bertz CT molecular complexity index is 703. The normalized spacial score (nSPS) is 10.8. The van der Waals surface area contributed by atoms with E-state index in [-0.39, 0.29) is 0 Å². The molecule has 3 heteroatoms. The van der Waals surface area contributed by atoms with E-state index in [1.165, 1.54) is 10.9 Å². The zero-order valence-electron chi connectivity index (χ0n) is 9.93. The van der Waals surface area contributed by atoms with E-state index in [1.807, 2.05) is 36.5 Å². The fraction of sp³-hybridized carbons (Fsp3) is 0.0667. The molecule has 0 aliphatic carbocycles. The van der Waals surface area contributed by atoms with Crippen molar-refractivity contribution in [3.05, 3.63) is 59.8 Å². The van der Waals surface area contributed by atoms with Gasteiger partial charge in [0.1, 0.15) is 5.75 Å². The van der Waals surface area contributed by atoms with E-state index >= 15 is 0 Å². The number of aromatic nitrogens is 1. The lowest BCUT2D eigenvalue weighted by molar-refractivity contribution is 0.415. The average Bonchev–Trinajstić information content (AvgIpc) is 2.82. The molecule has 1 heterocycles. The Balaban J connectivity index is 2.17. The molecule has 3 rings (SSSR count). The fourth-order valence-corrected chi connectivity index (χ4v) is 2.37. The van der Waals surface area contributed by atoms with Crippen LogP contribution in [0.3, 0.4) is 0 Å². The van der Waals surface area contributed by atoms with Crippen LogP contribution in [0.4, 0.5) is 0 Å². The lowest BCUT2D eigenvalue weighted by Crippen LogP contribution is -1.92. The second-order valence-corrected chi connectivity index (χ2v) is 4.47. The minimum absolute atomic E-state index is 0.618. The van der Waals surface area contributed by atoms with Crippen molar-refractivity contribution in [2.45, 2.75) is 0 Å². The third kappa shape index (κ3) is 1.75. The number of rotatable bonds is 2. The highest BCUT2D eigenvalue weighted by Gasteiger charge is 2.05. The predicted molar refractivity (Wildman–Crippen MR) is 74.8 cm³/mol. The van der Waals surface area contributed by atoms with Crippen LogP contribution in [0.5, 0.6) is 5.75 Å². The van der Waals surface area contributed by atoms with Crippen molar-refractivity contribution in [3.8, 4) is 11.4 Å². The maximum Gasteiger partial charge on any atom is 0.137 e. The van der Waals surface area contributed by atoms with E-state index in [1.54, 1.807) is 7.11 Å². The minimum atomic E-state index is 0.618. The molecule has 0 atom stereocenters. The number of halogens is 1. The van der Waals surface area contributed by atoms with Crippen LogP contribution in [0.2, 0.25) is 5.02 Å². The van der Waals surface area contributed by atoms with Crippen molar-refractivity contribution >= 4 is 22.5 Å². The highest BCUT2D eigenvalue weighted by Crippen LogP contribution is 2.28. The number of para-hydroxylation sites is 1. The zero-order valence-corrected chi connectivity index (χ0v) is 10.7. The first-order valence-electron chi connectivity index (χ1n) is 5.69. The van der Waals surface area contributed by atoms with Crippen LogP contribution >= 0.6 is 11.6 Å². The smallest absolute Gasteiger partial charge is 0.137 e. The van der Waals surface area contributed by atoms with E-state index in [9.17, 15) is 0 Å². The van der Waals surface area contributed by atoms with Crippen molar-refractivity contribution in [2.24, 2.45) is 0 Å². The summed E-state index contributed by atoms with van der Waals surface area (Å²) in [5.41, 5.74) is 2.20. The fourth-order valence-electron chi connectivity index (χ4n) is 2.11. The number of hydrogen-bond acceptors (Lipinski definition) is 1. The molecule has 0 aliphatic rings. The number of ether oxygens (including phenoxy) is 1. The van der Waals surface area contributed by atoms with E-state index in [0.717, 1.165) is 5.69 Å². The summed E-state index contributed by atoms with van der Waals surface area (Å²) in [6.07, 6.45) is 2.04. The minimum Gasteiger partial charge on any atom is -0.495 e. The second kappa shape index (κ2) is 4.39. The maximum atomic E-state index is 6.16. The van der Waals surface area contributed by atoms with Gasteiger partial charge in [0.2, 0.25) is 0 Å². The van der Waals surface area contributed by atoms with Crippen molar-refractivity contribution in [2.75, 3.05) is 7.11 Å². The predicted octanol–water partition coefficient (Wildman–Crippen LogP) is 4.29. The van der Waals surface area contributed by atoms with Gasteiger partial charge in [-0.25, -0.2) is 0 Å². The van der Waals surface area contributed by atoms with Gasteiger partial charge in [-0.2, -0.15) is 0 Å². The van der Waals surface area contributed by atoms with Crippen LogP contribution in [0, 0.1) is 0 Å². The largest absolute Gasteiger partial charge is 0.495 e. The SMILES string of the molecule is COc1ccc(-n2ccc3ccccc32)cc1Cl. The molecule has 18 heavy (non-hydrogen) atoms. The summed E-state index contributed by atoms with van der Waals surface area (Å²) < 4.78 is 7.28. The third-order valence-electron chi connectivity index (χ3n) is 3.01. The summed E-state index contributed by atoms with van der Waals surface area (Å²) in [5, 5.41) is 1.83. The molecule has 0 bridgehead atoms. The molecule has 0 fully saturated rings. The molecular formula is C15H12ClNO. The molecule has 1 aromatic heterocycles. The Hall–Kier alpha value is -1.93. The van der Waals surface area contributed by atoms with Gasteiger partial charge in [0.05, 0.1) is 17.6 Å². The first-order chi connectivity index (χ1) is 8.79. The Labute approximate surface area is 110 Å². The molecule has 0 amide bonds. The number of fused-ring (bicyclic) bond motifs is 1. The van der Waals surface area contributed by atoms with Gasteiger partial charge in [0.15, 0.2) is 0 Å². The van der Waals surface area contributed by atoms with E-state index in [4.69, 9.17) is 16.3 Å². The zero-order chi connectivity index (χ0) is 12.5. The van der Waals surface area contributed by atoms with Gasteiger partial charge in [-0.15, -0.1) is 0 Å². The van der Waals surface area contributed by atoms with Crippen molar-refractivity contribution in [1.82, 2.24) is 4.57 Å². The van der Waals surface area contributed by atoms with Gasteiger partial charge in [-0.1, -0.05) is 29.8 Å². The average molecular weight is 258 g/mol. The highest BCUT2D eigenvalue weighted by atomic mass is 35.5. The molecule has 90 valence electrons. The Morgan fingerprint density at radius 1 is 1.06 bits per heavy atom. The molecule has 0 spiro atoms. The monoisotopic (exact) mass is 257 g/mol. The van der Waals surface area contributed by atoms with Crippen LogP contribution in [0.1, 0.15) is 0 Å². The lowest BCUT2D eigenvalue weighted by Gasteiger charge is -2.08. The summed E-state index contributed by atoms with van der Waals surface area (Å²) in [4.78, 5) is 0. The first-order valence-corrected chi connectivity index (χ1v) is 6.07. The Morgan fingerprint density at radius 2 is 1.89 bits per heavy atom. The quantitative estimate of drug-likeness (QED) is 0.668. The molecule has 0 saturated heterocycles. The Kier molecular flexibility index (Phi) is 2.73. The van der Waals surface area contributed by atoms with Crippen molar-refractivity contribution in [3.63, 3.8) is 0 Å². The van der Waals surface area contributed by atoms with Crippen molar-refractivity contribution < 1.29 is 4.74 Å². The molecule has 0 N–H and O–H groups in total. The van der Waals surface area contributed by atoms with Crippen LogP contribution in [-0.4, -0.2) is 11.7 Å². The molecule has 0 radical (unpaired) electrons. The highest BCUT2D eigenvalue weighted by molar-refractivity contribution is 6.32. The summed E-state index contributed by atoms with van der Waals surface area (Å²) in [5.74, 6) is 0.692. The van der Waals surface area contributed by atoms with E-state index in [2.05, 4.69) is 22.8 Å². The second-order valence-electron chi connectivity index (χ2n) is 4.06. The van der Waals surface area contributed by atoms with E-state index < -0.39 is 0 Å². The topological polar surface area (TPSA) is 14.2 Å². The number of benzene rings is 2. The summed E-state index contributed by atoms with van der Waals surface area (Å²) in [7, 11) is 1.62. The Morgan fingerprint density at radius 3 is 2.67 bits per heavy atom. The first kappa shape index (κ1) is 11.2. The van der Waals surface area contributed by atoms with Gasteiger partial charge in [0, 0.05) is 11.9 Å². The van der Waals surface area contributed by atoms with Gasteiger partial charge in [-0.05, 0) is 35.7 Å². The molecule has 3 aromatic rings. The third-order valence-corrected chi connectivity index (χ3v) is 3.31. The van der Waals surface area contributed by atoms with E-state index in [0.29, 0.717) is 10.8 Å². The van der Waals surface area contributed by atoms with Gasteiger partial charge in [0.25, 0.3) is 0 Å². The lowest BCUT2D eigenvalue weighted by atomic mass is 10.2. The van der Waals surface area contributed by atoms with Crippen LogP contribution in [0.25, 0.3) is 16.6 Å². The van der Waals surface area contributed by atoms with Crippen LogP contribution in [-0.2, 0) is 0 Å². The number of methoxy groups -OCH3 is 1. The molecule has 2 nitrogen and oxygen atoms in total. The molecule has 2 aromatic carbocycles. The van der Waals surface area contributed by atoms with Gasteiger partial charge < -0.3 is 9.30 Å². The summed E-state index contributed by atoms with van der Waals surface area (Å²) in [6, 6.07) is 16.1. The number of hydrogen-bond donors (Lipinski definition) is 0. The maximum absolute atomic E-state index is 6.16.